The maximum Gasteiger partial charge on any atom is 0.134 e. The van der Waals surface area contributed by atoms with Gasteiger partial charge in [-0.1, -0.05) is 18.2 Å². The van der Waals surface area contributed by atoms with Crippen LogP contribution >= 0.6 is 0 Å². The molecule has 0 amide bonds. The van der Waals surface area contributed by atoms with Crippen LogP contribution in [0.2, 0.25) is 0 Å². The van der Waals surface area contributed by atoms with Gasteiger partial charge in [-0.15, -0.1) is 0 Å². The molecule has 0 atom stereocenters. The largest absolute Gasteiger partial charge is 0.459 e. The summed E-state index contributed by atoms with van der Waals surface area (Å²) in [5.74, 6) is 0.893. The van der Waals surface area contributed by atoms with E-state index >= 15 is 0 Å². The summed E-state index contributed by atoms with van der Waals surface area (Å²) >= 11 is 0. The van der Waals surface area contributed by atoms with Crippen LogP contribution < -0.4 is 5.73 Å². The lowest BCUT2D eigenvalue weighted by Gasteiger charge is -2.09. The van der Waals surface area contributed by atoms with Crippen molar-refractivity contribution >= 4 is 11.0 Å². The standard InChI is InChI=1S/C12H16N2O/c1-14(2)8-10-9-5-3-4-6-11(9)15-12(10)7-13/h3-6H,7-8,13H2,1-2H3. The number of rotatable bonds is 3. The van der Waals surface area contributed by atoms with Crippen LogP contribution in [-0.4, -0.2) is 19.0 Å². The predicted molar refractivity (Wildman–Crippen MR) is 61.5 cm³/mol. The molecular weight excluding hydrogens is 188 g/mol. The highest BCUT2D eigenvalue weighted by Crippen LogP contribution is 2.26. The summed E-state index contributed by atoms with van der Waals surface area (Å²) < 4.78 is 5.70. The molecule has 1 aromatic heterocycles. The minimum atomic E-state index is 0.456. The molecular formula is C12H16N2O. The third-order valence-corrected chi connectivity index (χ3v) is 2.44. The van der Waals surface area contributed by atoms with Gasteiger partial charge in [0.2, 0.25) is 0 Å². The molecule has 0 aliphatic heterocycles. The molecule has 0 bridgehead atoms. The van der Waals surface area contributed by atoms with Gasteiger partial charge in [-0.05, 0) is 20.2 Å². The predicted octanol–water partition coefficient (Wildman–Crippen LogP) is 1.95. The number of benzene rings is 1. The van der Waals surface area contributed by atoms with Gasteiger partial charge in [0.05, 0.1) is 6.54 Å². The van der Waals surface area contributed by atoms with Crippen molar-refractivity contribution in [1.29, 1.82) is 0 Å². The maximum atomic E-state index is 5.70. The molecule has 0 radical (unpaired) electrons. The maximum absolute atomic E-state index is 5.70. The lowest BCUT2D eigenvalue weighted by atomic mass is 10.1. The van der Waals surface area contributed by atoms with E-state index in [2.05, 4.69) is 11.0 Å². The Bertz CT molecular complexity index is 460. The van der Waals surface area contributed by atoms with E-state index in [-0.39, 0.29) is 0 Å². The van der Waals surface area contributed by atoms with Crippen LogP contribution in [-0.2, 0) is 13.1 Å². The molecule has 1 aromatic carbocycles. The van der Waals surface area contributed by atoms with Gasteiger partial charge >= 0.3 is 0 Å². The van der Waals surface area contributed by atoms with E-state index in [1.54, 1.807) is 0 Å². The summed E-state index contributed by atoms with van der Waals surface area (Å²) in [5, 5.41) is 1.17. The zero-order valence-electron chi connectivity index (χ0n) is 9.16. The minimum absolute atomic E-state index is 0.456. The number of hydrogen-bond acceptors (Lipinski definition) is 3. The van der Waals surface area contributed by atoms with Crippen molar-refractivity contribution in [2.24, 2.45) is 5.73 Å². The smallest absolute Gasteiger partial charge is 0.134 e. The summed E-state index contributed by atoms with van der Waals surface area (Å²) in [7, 11) is 4.09. The number of nitrogens with two attached hydrogens (primary N) is 1. The van der Waals surface area contributed by atoms with Gasteiger partial charge in [-0.3, -0.25) is 0 Å². The first-order valence-corrected chi connectivity index (χ1v) is 5.06. The fourth-order valence-electron chi connectivity index (χ4n) is 1.80. The van der Waals surface area contributed by atoms with Crippen molar-refractivity contribution in [1.82, 2.24) is 4.90 Å². The molecule has 15 heavy (non-hydrogen) atoms. The van der Waals surface area contributed by atoms with Crippen LogP contribution in [0.3, 0.4) is 0 Å². The Morgan fingerprint density at radius 1 is 1.27 bits per heavy atom. The molecule has 0 aliphatic rings. The van der Waals surface area contributed by atoms with E-state index in [0.717, 1.165) is 17.9 Å². The van der Waals surface area contributed by atoms with Gasteiger partial charge in [-0.2, -0.15) is 0 Å². The van der Waals surface area contributed by atoms with Gasteiger partial charge in [0.15, 0.2) is 0 Å². The van der Waals surface area contributed by atoms with Gasteiger partial charge < -0.3 is 15.1 Å². The van der Waals surface area contributed by atoms with Crippen molar-refractivity contribution in [2.75, 3.05) is 14.1 Å². The molecule has 0 unspecified atom stereocenters. The summed E-state index contributed by atoms with van der Waals surface area (Å²) in [6.07, 6.45) is 0. The molecule has 3 heteroatoms. The number of furan rings is 1. The molecule has 80 valence electrons. The molecule has 2 aromatic rings. The van der Waals surface area contributed by atoms with Crippen LogP contribution in [0.25, 0.3) is 11.0 Å². The SMILES string of the molecule is CN(C)Cc1c(CN)oc2ccccc12. The second-order valence-electron chi connectivity index (χ2n) is 3.94. The van der Waals surface area contributed by atoms with Crippen molar-refractivity contribution in [3.63, 3.8) is 0 Å². The van der Waals surface area contributed by atoms with E-state index < -0.39 is 0 Å². The average molecular weight is 204 g/mol. The number of hydrogen-bond donors (Lipinski definition) is 1. The van der Waals surface area contributed by atoms with Crippen molar-refractivity contribution < 1.29 is 4.42 Å². The quantitative estimate of drug-likeness (QED) is 0.831. The Balaban J connectivity index is 2.56. The van der Waals surface area contributed by atoms with Crippen molar-refractivity contribution in [3.05, 3.63) is 35.6 Å². The number of fused-ring (bicyclic) bond motifs is 1. The summed E-state index contributed by atoms with van der Waals surface area (Å²) in [5.41, 5.74) is 7.81. The van der Waals surface area contributed by atoms with Crippen molar-refractivity contribution in [3.8, 4) is 0 Å². The number of para-hydroxylation sites is 1. The molecule has 1 heterocycles. The van der Waals surface area contributed by atoms with E-state index in [0.29, 0.717) is 6.54 Å². The lowest BCUT2D eigenvalue weighted by molar-refractivity contribution is 0.396. The fraction of sp³-hybridized carbons (Fsp3) is 0.333. The molecule has 3 nitrogen and oxygen atoms in total. The average Bonchev–Trinajstić information content (AvgIpc) is 2.56. The first-order chi connectivity index (χ1) is 7.22. The fourth-order valence-corrected chi connectivity index (χ4v) is 1.80. The third-order valence-electron chi connectivity index (χ3n) is 2.44. The van der Waals surface area contributed by atoms with Gasteiger partial charge in [-0.25, -0.2) is 0 Å². The van der Waals surface area contributed by atoms with Crippen LogP contribution in [0, 0.1) is 0 Å². The highest BCUT2D eigenvalue weighted by Gasteiger charge is 2.12. The molecule has 0 aliphatic carbocycles. The van der Waals surface area contributed by atoms with Gasteiger partial charge in [0.1, 0.15) is 11.3 Å². The van der Waals surface area contributed by atoms with Crippen LogP contribution in [0.1, 0.15) is 11.3 Å². The topological polar surface area (TPSA) is 42.4 Å². The van der Waals surface area contributed by atoms with E-state index in [9.17, 15) is 0 Å². The van der Waals surface area contributed by atoms with Crippen LogP contribution in [0.5, 0.6) is 0 Å². The minimum Gasteiger partial charge on any atom is -0.459 e. The second-order valence-corrected chi connectivity index (χ2v) is 3.94. The van der Waals surface area contributed by atoms with Crippen LogP contribution in [0.15, 0.2) is 28.7 Å². The normalized spacial score (nSPS) is 11.5. The molecule has 0 saturated heterocycles. The highest BCUT2D eigenvalue weighted by molar-refractivity contribution is 5.82. The molecule has 0 saturated carbocycles. The third kappa shape index (κ3) is 1.89. The van der Waals surface area contributed by atoms with Crippen LogP contribution in [0.4, 0.5) is 0 Å². The Kier molecular flexibility index (Phi) is 2.75. The molecule has 2 N–H and O–H groups in total. The highest BCUT2D eigenvalue weighted by atomic mass is 16.3. The molecule has 0 fully saturated rings. The van der Waals surface area contributed by atoms with Crippen molar-refractivity contribution in [2.45, 2.75) is 13.1 Å². The second kappa shape index (κ2) is 4.04. The summed E-state index contributed by atoms with van der Waals surface area (Å²) in [4.78, 5) is 2.12. The molecule has 0 spiro atoms. The first kappa shape index (κ1) is 10.2. The summed E-state index contributed by atoms with van der Waals surface area (Å²) in [6.45, 7) is 1.32. The Hall–Kier alpha value is -1.32. The van der Waals surface area contributed by atoms with E-state index in [1.807, 2.05) is 32.3 Å². The lowest BCUT2D eigenvalue weighted by Crippen LogP contribution is -2.12. The zero-order chi connectivity index (χ0) is 10.8. The first-order valence-electron chi connectivity index (χ1n) is 5.06. The van der Waals surface area contributed by atoms with E-state index in [4.69, 9.17) is 10.2 Å². The Labute approximate surface area is 89.5 Å². The number of nitrogens with zero attached hydrogens (tertiary/aromatic N) is 1. The summed E-state index contributed by atoms with van der Waals surface area (Å²) in [6, 6.07) is 8.06. The van der Waals surface area contributed by atoms with Gasteiger partial charge in [0, 0.05) is 17.5 Å². The Morgan fingerprint density at radius 2 is 2.00 bits per heavy atom. The molecule has 2 rings (SSSR count). The van der Waals surface area contributed by atoms with E-state index in [1.165, 1.54) is 10.9 Å². The van der Waals surface area contributed by atoms with Gasteiger partial charge in [0.25, 0.3) is 0 Å². The zero-order valence-corrected chi connectivity index (χ0v) is 9.16. The monoisotopic (exact) mass is 204 g/mol. The Morgan fingerprint density at radius 3 is 2.67 bits per heavy atom.